The van der Waals surface area contributed by atoms with Crippen LogP contribution in [0.25, 0.3) is 0 Å². The van der Waals surface area contributed by atoms with E-state index in [0.29, 0.717) is 12.5 Å². The topological polar surface area (TPSA) is 79.1 Å². The highest BCUT2D eigenvalue weighted by Gasteiger charge is 1.92. The predicted molar refractivity (Wildman–Crippen MR) is 43.0 cm³/mol. The molecule has 5 nitrogen and oxygen atoms in total. The van der Waals surface area contributed by atoms with Crippen molar-refractivity contribution in [2.45, 2.75) is 6.54 Å². The van der Waals surface area contributed by atoms with Gasteiger partial charge in [-0.2, -0.15) is 0 Å². The van der Waals surface area contributed by atoms with Gasteiger partial charge in [0.25, 0.3) is 0 Å². The third kappa shape index (κ3) is 2.29. The molecule has 0 aliphatic rings. The van der Waals surface area contributed by atoms with E-state index in [2.05, 4.69) is 20.3 Å². The Balaban J connectivity index is 2.35. The van der Waals surface area contributed by atoms with Crippen molar-refractivity contribution in [2.24, 2.45) is 10.7 Å². The number of aliphatic imine (C=N–C) groups is 1. The standard InChI is InChI=1S/C6H11N5/c1-8-6(7)10-3-5-2-9-4-11-5/h2,4H,3H2,1H3,(H,9,11)(H3,7,8,10). The van der Waals surface area contributed by atoms with E-state index in [1.165, 1.54) is 0 Å². The normalized spacial score (nSPS) is 11.5. The molecule has 0 spiro atoms. The average Bonchev–Trinajstić information content (AvgIpc) is 2.52. The molecule has 1 aromatic heterocycles. The van der Waals surface area contributed by atoms with Crippen molar-refractivity contribution in [1.29, 1.82) is 0 Å². The molecule has 60 valence electrons. The molecule has 0 saturated carbocycles. The Morgan fingerprint density at radius 3 is 3.27 bits per heavy atom. The van der Waals surface area contributed by atoms with Crippen LogP contribution in [0.4, 0.5) is 0 Å². The van der Waals surface area contributed by atoms with E-state index in [0.717, 1.165) is 5.69 Å². The first kappa shape index (κ1) is 7.59. The lowest BCUT2D eigenvalue weighted by molar-refractivity contribution is 0.872. The van der Waals surface area contributed by atoms with Crippen LogP contribution in [0.1, 0.15) is 5.69 Å². The number of aromatic amines is 1. The Hall–Kier alpha value is -1.52. The molecule has 0 aliphatic heterocycles. The van der Waals surface area contributed by atoms with Crippen molar-refractivity contribution in [3.8, 4) is 0 Å². The number of H-pyrrole nitrogens is 1. The quantitative estimate of drug-likeness (QED) is 0.394. The zero-order valence-corrected chi connectivity index (χ0v) is 6.33. The molecule has 0 saturated heterocycles. The Kier molecular flexibility index (Phi) is 2.48. The van der Waals surface area contributed by atoms with E-state index in [-0.39, 0.29) is 0 Å². The Labute approximate surface area is 64.7 Å². The number of guanidine groups is 1. The average molecular weight is 153 g/mol. The van der Waals surface area contributed by atoms with Crippen LogP contribution in [0, 0.1) is 0 Å². The molecular weight excluding hydrogens is 142 g/mol. The van der Waals surface area contributed by atoms with Crippen molar-refractivity contribution in [2.75, 3.05) is 7.05 Å². The van der Waals surface area contributed by atoms with E-state index in [1.54, 1.807) is 19.6 Å². The second-order valence-electron chi connectivity index (χ2n) is 2.04. The van der Waals surface area contributed by atoms with Gasteiger partial charge in [0.1, 0.15) is 0 Å². The van der Waals surface area contributed by atoms with Crippen LogP contribution in [0.2, 0.25) is 0 Å². The molecule has 0 amide bonds. The highest BCUT2D eigenvalue weighted by molar-refractivity contribution is 5.77. The number of hydrogen-bond donors (Lipinski definition) is 3. The predicted octanol–water partition coefficient (Wildman–Crippen LogP) is -0.556. The van der Waals surface area contributed by atoms with Crippen LogP contribution < -0.4 is 11.1 Å². The Morgan fingerprint density at radius 1 is 1.91 bits per heavy atom. The van der Waals surface area contributed by atoms with Crippen LogP contribution in [-0.2, 0) is 6.54 Å². The summed E-state index contributed by atoms with van der Waals surface area (Å²) in [5.41, 5.74) is 6.38. The molecular formula is C6H11N5. The summed E-state index contributed by atoms with van der Waals surface area (Å²) < 4.78 is 0. The molecule has 1 heterocycles. The molecule has 0 bridgehead atoms. The van der Waals surface area contributed by atoms with Gasteiger partial charge in [0, 0.05) is 13.2 Å². The van der Waals surface area contributed by atoms with Gasteiger partial charge in [0.2, 0.25) is 0 Å². The molecule has 0 aromatic carbocycles. The molecule has 4 N–H and O–H groups in total. The van der Waals surface area contributed by atoms with Gasteiger partial charge in [-0.25, -0.2) is 4.98 Å². The lowest BCUT2D eigenvalue weighted by Gasteiger charge is -2.00. The lowest BCUT2D eigenvalue weighted by Crippen LogP contribution is -2.30. The second-order valence-corrected chi connectivity index (χ2v) is 2.04. The second kappa shape index (κ2) is 3.60. The largest absolute Gasteiger partial charge is 0.370 e. The monoisotopic (exact) mass is 153 g/mol. The van der Waals surface area contributed by atoms with Crippen molar-refractivity contribution >= 4 is 5.96 Å². The van der Waals surface area contributed by atoms with Crippen molar-refractivity contribution in [3.63, 3.8) is 0 Å². The number of imidazole rings is 1. The van der Waals surface area contributed by atoms with Crippen molar-refractivity contribution < 1.29 is 0 Å². The molecule has 1 aromatic rings. The number of nitrogens with one attached hydrogen (secondary N) is 2. The molecule has 0 aliphatic carbocycles. The maximum atomic E-state index is 5.39. The van der Waals surface area contributed by atoms with Crippen molar-refractivity contribution in [3.05, 3.63) is 18.2 Å². The fourth-order valence-electron chi connectivity index (χ4n) is 0.646. The van der Waals surface area contributed by atoms with Crippen LogP contribution in [0.15, 0.2) is 17.5 Å². The van der Waals surface area contributed by atoms with Crippen LogP contribution in [-0.4, -0.2) is 23.0 Å². The van der Waals surface area contributed by atoms with Gasteiger partial charge >= 0.3 is 0 Å². The van der Waals surface area contributed by atoms with Crippen molar-refractivity contribution in [1.82, 2.24) is 15.3 Å². The Bertz CT molecular complexity index is 225. The molecule has 5 heteroatoms. The summed E-state index contributed by atoms with van der Waals surface area (Å²) >= 11 is 0. The van der Waals surface area contributed by atoms with Gasteiger partial charge in [0.15, 0.2) is 5.96 Å². The third-order valence-electron chi connectivity index (χ3n) is 1.26. The minimum absolute atomic E-state index is 0.430. The van der Waals surface area contributed by atoms with Gasteiger partial charge in [-0.3, -0.25) is 4.99 Å². The van der Waals surface area contributed by atoms with E-state index >= 15 is 0 Å². The van der Waals surface area contributed by atoms with E-state index in [4.69, 9.17) is 5.73 Å². The number of hydrogen-bond acceptors (Lipinski definition) is 2. The van der Waals surface area contributed by atoms with Gasteiger partial charge in [-0.1, -0.05) is 0 Å². The first-order valence-corrected chi connectivity index (χ1v) is 3.26. The first-order chi connectivity index (χ1) is 5.33. The van der Waals surface area contributed by atoms with Crippen LogP contribution in [0.5, 0.6) is 0 Å². The van der Waals surface area contributed by atoms with Crippen LogP contribution >= 0.6 is 0 Å². The third-order valence-corrected chi connectivity index (χ3v) is 1.26. The van der Waals surface area contributed by atoms with E-state index < -0.39 is 0 Å². The van der Waals surface area contributed by atoms with E-state index in [9.17, 15) is 0 Å². The molecule has 11 heavy (non-hydrogen) atoms. The lowest BCUT2D eigenvalue weighted by atomic mass is 10.5. The SMILES string of the molecule is CN=C(N)NCc1cnc[nH]1. The highest BCUT2D eigenvalue weighted by Crippen LogP contribution is 1.87. The summed E-state index contributed by atoms with van der Waals surface area (Å²) in [6.07, 6.45) is 3.35. The zero-order valence-electron chi connectivity index (χ0n) is 6.33. The summed E-state index contributed by atoms with van der Waals surface area (Å²) in [6.45, 7) is 0.628. The summed E-state index contributed by atoms with van der Waals surface area (Å²) in [4.78, 5) is 10.5. The number of nitrogens with two attached hydrogens (primary N) is 1. The summed E-state index contributed by atoms with van der Waals surface area (Å²) in [6, 6.07) is 0. The molecule has 1 rings (SSSR count). The minimum Gasteiger partial charge on any atom is -0.370 e. The highest BCUT2D eigenvalue weighted by atomic mass is 15.1. The van der Waals surface area contributed by atoms with Gasteiger partial charge in [-0.15, -0.1) is 0 Å². The van der Waals surface area contributed by atoms with Gasteiger partial charge in [0.05, 0.1) is 18.6 Å². The zero-order chi connectivity index (χ0) is 8.10. The minimum atomic E-state index is 0.430. The molecule has 0 unspecified atom stereocenters. The van der Waals surface area contributed by atoms with Gasteiger partial charge < -0.3 is 16.0 Å². The first-order valence-electron chi connectivity index (χ1n) is 3.26. The molecule has 0 fully saturated rings. The summed E-state index contributed by atoms with van der Waals surface area (Å²) in [5.74, 6) is 0.430. The Morgan fingerprint density at radius 2 is 2.73 bits per heavy atom. The van der Waals surface area contributed by atoms with Gasteiger partial charge in [-0.05, 0) is 0 Å². The van der Waals surface area contributed by atoms with Crippen LogP contribution in [0.3, 0.4) is 0 Å². The fourth-order valence-corrected chi connectivity index (χ4v) is 0.646. The number of rotatable bonds is 2. The fraction of sp³-hybridized carbons (Fsp3) is 0.333. The maximum absolute atomic E-state index is 5.39. The molecule has 0 radical (unpaired) electrons. The molecule has 0 atom stereocenters. The maximum Gasteiger partial charge on any atom is 0.188 e. The van der Waals surface area contributed by atoms with E-state index in [1.807, 2.05) is 0 Å². The smallest absolute Gasteiger partial charge is 0.188 e. The summed E-state index contributed by atoms with van der Waals surface area (Å²) in [5, 5.41) is 2.89. The summed E-state index contributed by atoms with van der Waals surface area (Å²) in [7, 11) is 1.63. The number of nitrogens with zero attached hydrogens (tertiary/aromatic N) is 2. The number of aromatic nitrogens is 2.